The number of aliphatic hydroxyl groups is 1. The van der Waals surface area contributed by atoms with Crippen molar-refractivity contribution in [2.75, 3.05) is 0 Å². The number of primary amides is 1. The maximum absolute atomic E-state index is 10.6. The molecule has 0 unspecified atom stereocenters. The van der Waals surface area contributed by atoms with E-state index >= 15 is 0 Å². The number of carboxylic acids is 1. The lowest BCUT2D eigenvalue weighted by atomic mass is 10.1. The first-order valence-corrected chi connectivity index (χ1v) is 4.16. The van der Waals surface area contributed by atoms with Crippen molar-refractivity contribution in [1.82, 2.24) is 0 Å². The fraction of sp³-hybridized carbons (Fsp3) is 0.200. The highest BCUT2D eigenvalue weighted by Crippen LogP contribution is 2.03. The van der Waals surface area contributed by atoms with E-state index < -0.39 is 11.9 Å². The summed E-state index contributed by atoms with van der Waals surface area (Å²) >= 11 is 0. The summed E-state index contributed by atoms with van der Waals surface area (Å²) in [7, 11) is 0. The summed E-state index contributed by atoms with van der Waals surface area (Å²) in [6.07, 6.45) is 0. The van der Waals surface area contributed by atoms with E-state index in [-0.39, 0.29) is 6.61 Å². The minimum absolute atomic E-state index is 0.0683. The Morgan fingerprint density at radius 1 is 1.40 bits per heavy atom. The molecule has 0 saturated carbocycles. The van der Waals surface area contributed by atoms with Gasteiger partial charge in [-0.3, -0.25) is 9.59 Å². The van der Waals surface area contributed by atoms with Gasteiger partial charge in [-0.05, 0) is 17.7 Å². The van der Waals surface area contributed by atoms with Crippen LogP contribution in [0, 0.1) is 0 Å². The van der Waals surface area contributed by atoms with Crippen LogP contribution in [0.2, 0.25) is 0 Å². The predicted octanol–water partition coefficient (Wildman–Crippen LogP) is 0.369. The van der Waals surface area contributed by atoms with E-state index in [0.717, 1.165) is 6.92 Å². The average Bonchev–Trinajstić information content (AvgIpc) is 2.17. The van der Waals surface area contributed by atoms with E-state index in [1.165, 1.54) is 0 Å². The molecule has 0 fully saturated rings. The summed E-state index contributed by atoms with van der Waals surface area (Å²) in [6, 6.07) is 6.60. The minimum atomic E-state index is -0.833. The Morgan fingerprint density at radius 2 is 1.93 bits per heavy atom. The maximum atomic E-state index is 10.6. The van der Waals surface area contributed by atoms with E-state index in [4.69, 9.17) is 20.7 Å². The van der Waals surface area contributed by atoms with Crippen molar-refractivity contribution in [3.8, 4) is 0 Å². The third-order valence-electron chi connectivity index (χ3n) is 1.39. The lowest BCUT2D eigenvalue weighted by Gasteiger charge is -1.97. The average molecular weight is 211 g/mol. The van der Waals surface area contributed by atoms with Crippen LogP contribution in [-0.2, 0) is 11.4 Å². The summed E-state index contributed by atoms with van der Waals surface area (Å²) in [5.74, 6) is -1.31. The Balaban J connectivity index is 0.000000423. The standard InChI is InChI=1S/C8H9NO2.C2H4O2/c9-8(11)7-3-1-2-6(4-7)5-10;1-2(3)4/h1-4,10H,5H2,(H2,9,11);1H3,(H,3,4). The first-order valence-electron chi connectivity index (χ1n) is 4.16. The van der Waals surface area contributed by atoms with Crippen LogP contribution in [0.1, 0.15) is 22.8 Å². The Bertz CT molecular complexity index is 345. The van der Waals surface area contributed by atoms with Gasteiger partial charge in [0.05, 0.1) is 6.61 Å². The first-order chi connectivity index (χ1) is 6.97. The zero-order valence-electron chi connectivity index (χ0n) is 8.30. The molecule has 5 heteroatoms. The first kappa shape index (κ1) is 13.1. The second-order valence-corrected chi connectivity index (χ2v) is 2.74. The van der Waals surface area contributed by atoms with Crippen LogP contribution in [0.5, 0.6) is 0 Å². The van der Waals surface area contributed by atoms with E-state index in [1.807, 2.05) is 0 Å². The van der Waals surface area contributed by atoms with Crippen molar-refractivity contribution < 1.29 is 19.8 Å². The highest BCUT2D eigenvalue weighted by atomic mass is 16.4. The number of aliphatic hydroxyl groups excluding tert-OH is 1. The van der Waals surface area contributed by atoms with Crippen LogP contribution in [0.25, 0.3) is 0 Å². The van der Waals surface area contributed by atoms with Gasteiger partial charge < -0.3 is 15.9 Å². The van der Waals surface area contributed by atoms with E-state index in [1.54, 1.807) is 24.3 Å². The van der Waals surface area contributed by atoms with Crippen molar-refractivity contribution >= 4 is 11.9 Å². The lowest BCUT2D eigenvalue weighted by Crippen LogP contribution is -2.10. The monoisotopic (exact) mass is 211 g/mol. The number of carbonyl (C=O) groups excluding carboxylic acids is 1. The summed E-state index contributed by atoms with van der Waals surface area (Å²) in [5, 5.41) is 16.1. The normalized spacial score (nSPS) is 8.67. The van der Waals surface area contributed by atoms with Crippen LogP contribution in [-0.4, -0.2) is 22.1 Å². The van der Waals surface area contributed by atoms with Crippen LogP contribution in [0.15, 0.2) is 24.3 Å². The SMILES string of the molecule is CC(=O)O.NC(=O)c1cccc(CO)c1. The van der Waals surface area contributed by atoms with Crippen molar-refractivity contribution in [3.63, 3.8) is 0 Å². The molecule has 0 spiro atoms. The van der Waals surface area contributed by atoms with Gasteiger partial charge in [-0.25, -0.2) is 0 Å². The molecule has 1 aromatic carbocycles. The molecule has 0 aliphatic rings. The molecule has 15 heavy (non-hydrogen) atoms. The van der Waals surface area contributed by atoms with Gasteiger partial charge in [-0.15, -0.1) is 0 Å². The molecule has 1 rings (SSSR count). The molecule has 4 N–H and O–H groups in total. The molecule has 5 nitrogen and oxygen atoms in total. The third-order valence-corrected chi connectivity index (χ3v) is 1.39. The second kappa shape index (κ2) is 6.56. The molecule has 0 atom stereocenters. The molecule has 1 amide bonds. The van der Waals surface area contributed by atoms with Gasteiger partial charge in [0, 0.05) is 12.5 Å². The molecule has 0 aliphatic heterocycles. The molecule has 0 saturated heterocycles. The van der Waals surface area contributed by atoms with Gasteiger partial charge in [0.1, 0.15) is 0 Å². The van der Waals surface area contributed by atoms with E-state index in [9.17, 15) is 4.79 Å². The van der Waals surface area contributed by atoms with Crippen LogP contribution in [0.3, 0.4) is 0 Å². The highest BCUT2D eigenvalue weighted by molar-refractivity contribution is 5.92. The quantitative estimate of drug-likeness (QED) is 0.657. The molecule has 0 aliphatic carbocycles. The fourth-order valence-electron chi connectivity index (χ4n) is 0.823. The Labute approximate surface area is 87.1 Å². The number of rotatable bonds is 2. The fourth-order valence-corrected chi connectivity index (χ4v) is 0.823. The zero-order chi connectivity index (χ0) is 11.8. The van der Waals surface area contributed by atoms with Gasteiger partial charge >= 0.3 is 0 Å². The highest BCUT2D eigenvalue weighted by Gasteiger charge is 1.99. The lowest BCUT2D eigenvalue weighted by molar-refractivity contribution is -0.134. The molecule has 82 valence electrons. The summed E-state index contributed by atoms with van der Waals surface area (Å²) in [6.45, 7) is 1.01. The number of hydrogen-bond acceptors (Lipinski definition) is 3. The minimum Gasteiger partial charge on any atom is -0.481 e. The number of aliphatic carboxylic acids is 1. The number of hydrogen-bond donors (Lipinski definition) is 3. The number of carboxylic acid groups (broad SMARTS) is 1. The van der Waals surface area contributed by atoms with Gasteiger partial charge in [0.2, 0.25) is 5.91 Å². The molecule has 1 aromatic rings. The number of benzene rings is 1. The van der Waals surface area contributed by atoms with Crippen molar-refractivity contribution in [3.05, 3.63) is 35.4 Å². The van der Waals surface area contributed by atoms with Gasteiger partial charge in [-0.1, -0.05) is 12.1 Å². The van der Waals surface area contributed by atoms with Crippen LogP contribution >= 0.6 is 0 Å². The van der Waals surface area contributed by atoms with Crippen LogP contribution in [0.4, 0.5) is 0 Å². The summed E-state index contributed by atoms with van der Waals surface area (Å²) < 4.78 is 0. The molecule has 0 aromatic heterocycles. The number of nitrogens with two attached hydrogens (primary N) is 1. The predicted molar refractivity (Wildman–Crippen MR) is 54.2 cm³/mol. The van der Waals surface area contributed by atoms with Crippen molar-refractivity contribution in [1.29, 1.82) is 0 Å². The molecular weight excluding hydrogens is 198 g/mol. The van der Waals surface area contributed by atoms with Gasteiger partial charge in [-0.2, -0.15) is 0 Å². The van der Waals surface area contributed by atoms with E-state index in [0.29, 0.717) is 11.1 Å². The molecular formula is C10H13NO4. The maximum Gasteiger partial charge on any atom is 0.300 e. The zero-order valence-corrected chi connectivity index (χ0v) is 8.30. The smallest absolute Gasteiger partial charge is 0.300 e. The molecule has 0 heterocycles. The van der Waals surface area contributed by atoms with Gasteiger partial charge in [0.25, 0.3) is 5.97 Å². The number of carbonyl (C=O) groups is 2. The topological polar surface area (TPSA) is 101 Å². The largest absolute Gasteiger partial charge is 0.481 e. The van der Waals surface area contributed by atoms with Crippen molar-refractivity contribution in [2.24, 2.45) is 5.73 Å². The summed E-state index contributed by atoms with van der Waals surface area (Å²) in [4.78, 5) is 19.6. The second-order valence-electron chi connectivity index (χ2n) is 2.74. The Kier molecular flexibility index (Phi) is 5.73. The van der Waals surface area contributed by atoms with Crippen LogP contribution < -0.4 is 5.73 Å². The summed E-state index contributed by atoms with van der Waals surface area (Å²) in [5.41, 5.74) is 6.14. The number of amides is 1. The molecule has 0 bridgehead atoms. The van der Waals surface area contributed by atoms with Crippen molar-refractivity contribution in [2.45, 2.75) is 13.5 Å². The van der Waals surface area contributed by atoms with E-state index in [2.05, 4.69) is 0 Å². The Morgan fingerprint density at radius 3 is 2.33 bits per heavy atom. The Hall–Kier alpha value is -1.88. The third kappa shape index (κ3) is 6.23. The van der Waals surface area contributed by atoms with Gasteiger partial charge in [0.15, 0.2) is 0 Å². The molecule has 0 radical (unpaired) electrons.